The van der Waals surface area contributed by atoms with Crippen molar-refractivity contribution in [3.8, 4) is 5.75 Å². The molecule has 7 nitrogen and oxygen atoms in total. The zero-order valence-electron chi connectivity index (χ0n) is 19.9. The summed E-state index contributed by atoms with van der Waals surface area (Å²) in [6.07, 6.45) is 3.67. The number of carbonyl (C=O) groups excluding carboxylic acids is 4. The number of hydrogen-bond donors (Lipinski definition) is 0. The van der Waals surface area contributed by atoms with E-state index < -0.39 is 23.5 Å². The van der Waals surface area contributed by atoms with E-state index in [1.165, 1.54) is 0 Å². The fraction of sp³-hybridized carbons (Fsp3) is 0.407. The van der Waals surface area contributed by atoms with E-state index in [4.69, 9.17) is 4.74 Å². The van der Waals surface area contributed by atoms with Crippen LogP contribution in [0.2, 0.25) is 0 Å². The number of amides is 3. The van der Waals surface area contributed by atoms with E-state index in [9.17, 15) is 19.2 Å². The van der Waals surface area contributed by atoms with Crippen molar-refractivity contribution in [2.75, 3.05) is 25.1 Å². The summed E-state index contributed by atoms with van der Waals surface area (Å²) in [6.45, 7) is 2.77. The second kappa shape index (κ2) is 9.15. The van der Waals surface area contributed by atoms with Gasteiger partial charge in [-0.1, -0.05) is 23.8 Å². The molecule has 0 saturated carbocycles. The molecule has 0 aromatic heterocycles. The zero-order valence-corrected chi connectivity index (χ0v) is 20.7. The molecule has 3 heterocycles. The van der Waals surface area contributed by atoms with Crippen LogP contribution in [0.25, 0.3) is 0 Å². The van der Waals surface area contributed by atoms with Crippen molar-refractivity contribution in [2.45, 2.75) is 44.2 Å². The predicted molar refractivity (Wildman–Crippen MR) is 133 cm³/mol. The Morgan fingerprint density at radius 3 is 2.31 bits per heavy atom. The van der Waals surface area contributed by atoms with Gasteiger partial charge in [-0.05, 0) is 49.6 Å². The van der Waals surface area contributed by atoms with Crippen LogP contribution in [0.15, 0.2) is 42.5 Å². The first-order valence-corrected chi connectivity index (χ1v) is 13.3. The lowest BCUT2D eigenvalue weighted by molar-refractivity contribution is -0.139. The highest BCUT2D eigenvalue weighted by molar-refractivity contribution is 7.98. The molecule has 5 rings (SSSR count). The second-order valence-corrected chi connectivity index (χ2v) is 10.5. The van der Waals surface area contributed by atoms with E-state index in [1.54, 1.807) is 40.9 Å². The molecule has 0 radical (unpaired) electrons. The molecule has 1 fully saturated rings. The lowest BCUT2D eigenvalue weighted by Gasteiger charge is -2.45. The summed E-state index contributed by atoms with van der Waals surface area (Å²) in [6, 6.07) is 11.5. The number of fused-ring (bicyclic) bond motifs is 2. The first kappa shape index (κ1) is 23.6. The smallest absolute Gasteiger partial charge is 0.262 e. The number of hydrogen-bond acceptors (Lipinski definition) is 6. The molecule has 1 spiro atoms. The third-order valence-electron chi connectivity index (χ3n) is 7.25. The third kappa shape index (κ3) is 4.14. The maximum atomic E-state index is 13.7. The van der Waals surface area contributed by atoms with Gasteiger partial charge in [-0.3, -0.25) is 24.1 Å². The van der Waals surface area contributed by atoms with Crippen LogP contribution in [0.5, 0.6) is 5.75 Å². The van der Waals surface area contributed by atoms with Gasteiger partial charge in [0.15, 0.2) is 5.78 Å². The normalized spacial score (nSPS) is 19.4. The van der Waals surface area contributed by atoms with E-state index in [0.717, 1.165) is 10.5 Å². The summed E-state index contributed by atoms with van der Waals surface area (Å²) in [5.41, 5.74) is 1.71. The van der Waals surface area contributed by atoms with Crippen LogP contribution in [-0.2, 0) is 4.79 Å². The van der Waals surface area contributed by atoms with Gasteiger partial charge in [0.1, 0.15) is 17.4 Å². The lowest BCUT2D eigenvalue weighted by atomic mass is 9.82. The maximum Gasteiger partial charge on any atom is 0.262 e. The van der Waals surface area contributed by atoms with Crippen LogP contribution in [0.3, 0.4) is 0 Å². The molecule has 3 aliphatic rings. The number of ketones is 1. The second-order valence-electron chi connectivity index (χ2n) is 9.53. The Kier molecular flexibility index (Phi) is 6.17. The number of nitrogens with zero attached hydrogens (tertiary/aromatic N) is 2. The standard InChI is InChI=1S/C27H28N2O5S/c1-17-7-8-23-20(15-17)22(30)16-27(34-23)10-12-28(13-11-27)26(33)21(9-14-35-2)29-24(31)18-5-3-4-6-19(18)25(29)32/h3-8,15,21H,9-14,16H2,1-2H3. The van der Waals surface area contributed by atoms with Gasteiger partial charge in [-0.15, -0.1) is 0 Å². The summed E-state index contributed by atoms with van der Waals surface area (Å²) < 4.78 is 6.33. The molecular weight excluding hydrogens is 464 g/mol. The first-order valence-electron chi connectivity index (χ1n) is 11.9. The summed E-state index contributed by atoms with van der Waals surface area (Å²) in [5, 5.41) is 0. The molecule has 2 aromatic rings. The minimum atomic E-state index is -0.846. The average Bonchev–Trinajstić information content (AvgIpc) is 3.11. The van der Waals surface area contributed by atoms with Gasteiger partial charge >= 0.3 is 0 Å². The Balaban J connectivity index is 1.33. The fourth-order valence-electron chi connectivity index (χ4n) is 5.32. The number of carbonyl (C=O) groups is 4. The van der Waals surface area contributed by atoms with Gasteiger partial charge in [-0.2, -0.15) is 11.8 Å². The highest BCUT2D eigenvalue weighted by Gasteiger charge is 2.47. The van der Waals surface area contributed by atoms with E-state index >= 15 is 0 Å². The lowest BCUT2D eigenvalue weighted by Crippen LogP contribution is -2.57. The predicted octanol–water partition coefficient (Wildman–Crippen LogP) is 3.74. The van der Waals surface area contributed by atoms with E-state index in [-0.39, 0.29) is 11.7 Å². The number of thioether (sulfide) groups is 1. The number of aryl methyl sites for hydroxylation is 1. The Labute approximate surface area is 208 Å². The SMILES string of the molecule is CSCCC(C(=O)N1CCC2(CC1)CC(=O)c1cc(C)ccc1O2)N1C(=O)c2ccccc2C1=O. The molecule has 0 bridgehead atoms. The van der Waals surface area contributed by atoms with E-state index in [1.807, 2.05) is 31.4 Å². The van der Waals surface area contributed by atoms with Crippen LogP contribution in [-0.4, -0.2) is 70.0 Å². The molecule has 3 amide bonds. The summed E-state index contributed by atoms with van der Waals surface area (Å²) in [5.74, 6) is 0.282. The first-order chi connectivity index (χ1) is 16.8. The van der Waals surface area contributed by atoms with Crippen molar-refractivity contribution in [2.24, 2.45) is 0 Å². The Morgan fingerprint density at radius 2 is 1.69 bits per heavy atom. The van der Waals surface area contributed by atoms with Crippen molar-refractivity contribution in [3.63, 3.8) is 0 Å². The van der Waals surface area contributed by atoms with Crippen LogP contribution in [0.1, 0.15) is 62.3 Å². The quantitative estimate of drug-likeness (QED) is 0.592. The molecule has 8 heteroatoms. The van der Waals surface area contributed by atoms with Gasteiger partial charge in [0, 0.05) is 25.9 Å². The molecule has 3 aliphatic heterocycles. The topological polar surface area (TPSA) is 84.0 Å². The molecular formula is C27H28N2O5S. The van der Waals surface area contributed by atoms with Crippen LogP contribution in [0, 0.1) is 6.92 Å². The van der Waals surface area contributed by atoms with Gasteiger partial charge in [0.2, 0.25) is 5.91 Å². The minimum Gasteiger partial charge on any atom is -0.486 e. The number of Topliss-reactive ketones (excluding diaryl/α,β-unsaturated/α-hetero) is 1. The summed E-state index contributed by atoms with van der Waals surface area (Å²) in [4.78, 5) is 55.6. The molecule has 1 atom stereocenters. The highest BCUT2D eigenvalue weighted by atomic mass is 32.2. The number of ether oxygens (including phenoxy) is 1. The molecule has 1 unspecified atom stereocenters. The summed E-state index contributed by atoms with van der Waals surface area (Å²) in [7, 11) is 0. The molecule has 2 aromatic carbocycles. The minimum absolute atomic E-state index is 0.0681. The number of rotatable bonds is 5. The monoisotopic (exact) mass is 492 g/mol. The molecule has 35 heavy (non-hydrogen) atoms. The Hall–Kier alpha value is -3.13. The van der Waals surface area contributed by atoms with Crippen molar-refractivity contribution < 1.29 is 23.9 Å². The number of imide groups is 1. The maximum absolute atomic E-state index is 13.7. The van der Waals surface area contributed by atoms with Crippen molar-refractivity contribution in [1.82, 2.24) is 9.80 Å². The number of piperidine rings is 1. The van der Waals surface area contributed by atoms with Gasteiger partial charge in [-0.25, -0.2) is 0 Å². The molecule has 0 N–H and O–H groups in total. The van der Waals surface area contributed by atoms with Crippen molar-refractivity contribution >= 4 is 35.3 Å². The van der Waals surface area contributed by atoms with E-state index in [0.29, 0.717) is 67.0 Å². The number of likely N-dealkylation sites (tertiary alicyclic amines) is 1. The summed E-state index contributed by atoms with van der Waals surface area (Å²) >= 11 is 1.57. The van der Waals surface area contributed by atoms with Gasteiger partial charge in [0.05, 0.1) is 23.1 Å². The average molecular weight is 493 g/mol. The Morgan fingerprint density at radius 1 is 1.03 bits per heavy atom. The van der Waals surface area contributed by atoms with Crippen LogP contribution < -0.4 is 4.74 Å². The Bertz CT molecular complexity index is 1180. The number of benzene rings is 2. The largest absolute Gasteiger partial charge is 0.486 e. The molecule has 1 saturated heterocycles. The van der Waals surface area contributed by atoms with Crippen LogP contribution >= 0.6 is 11.8 Å². The fourth-order valence-corrected chi connectivity index (χ4v) is 5.77. The highest BCUT2D eigenvalue weighted by Crippen LogP contribution is 2.40. The zero-order chi connectivity index (χ0) is 24.7. The molecule has 0 aliphatic carbocycles. The molecule has 182 valence electrons. The van der Waals surface area contributed by atoms with Gasteiger partial charge in [0.25, 0.3) is 11.8 Å². The van der Waals surface area contributed by atoms with Crippen molar-refractivity contribution in [3.05, 3.63) is 64.7 Å². The third-order valence-corrected chi connectivity index (χ3v) is 7.89. The van der Waals surface area contributed by atoms with Gasteiger partial charge < -0.3 is 9.64 Å². The van der Waals surface area contributed by atoms with Crippen LogP contribution in [0.4, 0.5) is 0 Å². The van der Waals surface area contributed by atoms with E-state index in [2.05, 4.69) is 0 Å². The van der Waals surface area contributed by atoms with Crippen molar-refractivity contribution in [1.29, 1.82) is 0 Å².